The Morgan fingerprint density at radius 2 is 0.903 bits per heavy atom. The minimum absolute atomic E-state index is 0.0277. The minimum atomic E-state index is -0.489. The van der Waals surface area contributed by atoms with Crippen molar-refractivity contribution in [3.05, 3.63) is 119 Å². The SMILES string of the molecule is CN1C(C)(C)CC(N)C1(C)C.CN1C(C)(C)CC(OC(=O)NCc2cccc(CN=C=O)c2)CC1(C)C.CN1C(C)(C)CC(OC(=O)Nc2ccc(Cc3ccc(N=C=O)cc3)cc2)CC1(C)C.Cc1c(N=C=O)cccc1NC(=O)OC1CC(C)(C)N(C)C(C)(C)C1. The van der Waals surface area contributed by atoms with Crippen LogP contribution in [0.1, 0.15) is 184 Å². The van der Waals surface area contributed by atoms with E-state index in [9.17, 15) is 28.8 Å². The Labute approximate surface area is 554 Å². The fourth-order valence-electron chi connectivity index (χ4n) is 13.6. The molecule has 1 atom stereocenters. The summed E-state index contributed by atoms with van der Waals surface area (Å²) in [5, 5.41) is 8.41. The number of piperidine rings is 3. The van der Waals surface area contributed by atoms with Gasteiger partial charge in [-0.2, -0.15) is 9.98 Å². The summed E-state index contributed by atoms with van der Waals surface area (Å²) in [6, 6.07) is 28.2. The van der Waals surface area contributed by atoms with Crippen LogP contribution in [0.15, 0.2) is 106 Å². The van der Waals surface area contributed by atoms with Gasteiger partial charge in [0.25, 0.3) is 0 Å². The molecule has 0 saturated carbocycles. The lowest BCUT2D eigenvalue weighted by molar-refractivity contribution is -0.0684. The number of carbonyl (C=O) groups is 3. The van der Waals surface area contributed by atoms with Gasteiger partial charge in [-0.1, -0.05) is 54.6 Å². The van der Waals surface area contributed by atoms with Gasteiger partial charge in [-0.25, -0.2) is 33.8 Å². The number of benzene rings is 4. The third-order valence-electron chi connectivity index (χ3n) is 20.2. The highest BCUT2D eigenvalue weighted by Crippen LogP contribution is 2.42. The lowest BCUT2D eigenvalue weighted by Gasteiger charge is -2.53. The maximum atomic E-state index is 12.5. The number of aliphatic imine (C=N–C) groups is 3. The van der Waals surface area contributed by atoms with Gasteiger partial charge in [-0.3, -0.25) is 30.2 Å². The normalized spacial score (nSPS) is 21.0. The quantitative estimate of drug-likeness (QED) is 0.0553. The number of nitrogens with zero attached hydrogens (tertiary/aromatic N) is 7. The molecule has 0 spiro atoms. The lowest BCUT2D eigenvalue weighted by Crippen LogP contribution is -2.60. The van der Waals surface area contributed by atoms with Crippen LogP contribution in [0.4, 0.5) is 37.1 Å². The monoisotopic (exact) mass is 1280 g/mol. The number of rotatable bonds is 13. The number of isocyanates is 3. The molecule has 5 N–H and O–H groups in total. The summed E-state index contributed by atoms with van der Waals surface area (Å²) >= 11 is 0. The Morgan fingerprint density at radius 1 is 0.495 bits per heavy atom. The van der Waals surface area contributed by atoms with Gasteiger partial charge in [0.2, 0.25) is 18.2 Å². The highest BCUT2D eigenvalue weighted by Gasteiger charge is 2.49. The molecule has 0 aliphatic carbocycles. The zero-order chi connectivity index (χ0) is 69.7. The van der Waals surface area contributed by atoms with Gasteiger partial charge in [0, 0.05) is 107 Å². The Hall–Kier alpha value is -7.37. The average Bonchev–Trinajstić information content (AvgIpc) is 1.68. The standard InChI is InChI=1S/C25H31N3O3.C20H29N3O3.C19H27N3O3.C9H20N2/c1-24(2)15-22(16-25(3,4)28(24)5)31-23(30)27-21-12-8-19(9-13-21)14-18-6-10-20(11-7-18)26-17-29;1-19(2)10-17(11-20(3,4)23(19)5)26-18(25)22-13-16-8-6-7-15(9-16)12-21-14-24;1-13-15(20-12-23)8-7-9-16(13)21-17(24)25-14-10-18(2,3)22(6)19(4,5)11-14;1-8(2)6-7(10)9(3,4)11(8)5/h6-13,22H,14-16H2,1-5H3,(H,27,30);6-9,17H,10-13H2,1-5H3,(H,22,25);7-9,14H,10-11H2,1-6H3,(H,21,24);7H,6,10H2,1-5H3. The van der Waals surface area contributed by atoms with Gasteiger partial charge in [-0.15, -0.1) is 0 Å². The van der Waals surface area contributed by atoms with Crippen LogP contribution in [0.3, 0.4) is 0 Å². The molecule has 93 heavy (non-hydrogen) atoms. The summed E-state index contributed by atoms with van der Waals surface area (Å²) in [6.45, 7) is 37.5. The maximum absolute atomic E-state index is 12.5. The van der Waals surface area contributed by atoms with Crippen LogP contribution < -0.4 is 21.7 Å². The van der Waals surface area contributed by atoms with E-state index in [1.165, 1.54) is 18.2 Å². The molecular weight excluding hydrogens is 1170 g/mol. The van der Waals surface area contributed by atoms with E-state index in [1.54, 1.807) is 37.3 Å². The summed E-state index contributed by atoms with van der Waals surface area (Å²) in [7, 11) is 8.52. The van der Waals surface area contributed by atoms with Gasteiger partial charge in [0.1, 0.15) is 18.3 Å². The van der Waals surface area contributed by atoms with Crippen LogP contribution in [-0.4, -0.2) is 153 Å². The summed E-state index contributed by atoms with van der Waals surface area (Å²) in [5.41, 5.74) is 13.3. The summed E-state index contributed by atoms with van der Waals surface area (Å²) in [5.74, 6) is 0. The molecule has 8 rings (SSSR count). The lowest BCUT2D eigenvalue weighted by atomic mass is 9.79. The number of alkyl carbamates (subject to hydrolysis) is 1. The number of nitrogens with two attached hydrogens (primary N) is 1. The molecule has 1 unspecified atom stereocenters. The van der Waals surface area contributed by atoms with Crippen molar-refractivity contribution in [2.24, 2.45) is 20.7 Å². The first kappa shape index (κ1) is 76.3. The minimum Gasteiger partial charge on any atom is -0.446 e. The second kappa shape index (κ2) is 31.2. The number of nitrogens with one attached hydrogen (secondary N) is 3. The van der Waals surface area contributed by atoms with Gasteiger partial charge < -0.3 is 25.3 Å². The fourth-order valence-corrected chi connectivity index (χ4v) is 13.6. The van der Waals surface area contributed by atoms with Crippen LogP contribution in [0.5, 0.6) is 0 Å². The van der Waals surface area contributed by atoms with E-state index in [0.717, 1.165) is 73.6 Å². The van der Waals surface area contributed by atoms with Crippen molar-refractivity contribution >= 4 is 59.3 Å². The number of ether oxygens (including phenoxy) is 3. The van der Waals surface area contributed by atoms with Crippen LogP contribution in [0, 0.1) is 6.92 Å². The van der Waals surface area contributed by atoms with Crippen LogP contribution >= 0.6 is 0 Å². The molecule has 4 aliphatic rings. The van der Waals surface area contributed by atoms with E-state index in [1.807, 2.05) is 60.7 Å². The molecule has 4 fully saturated rings. The van der Waals surface area contributed by atoms with E-state index in [2.05, 4.69) is 189 Å². The van der Waals surface area contributed by atoms with E-state index in [0.29, 0.717) is 47.4 Å². The Morgan fingerprint density at radius 3 is 1.31 bits per heavy atom. The number of likely N-dealkylation sites (tertiary alicyclic amines) is 4. The zero-order valence-corrected chi connectivity index (χ0v) is 59.4. The van der Waals surface area contributed by atoms with Crippen molar-refractivity contribution in [2.75, 3.05) is 38.8 Å². The van der Waals surface area contributed by atoms with E-state index < -0.39 is 18.3 Å². The smallest absolute Gasteiger partial charge is 0.411 e. The molecule has 4 aromatic carbocycles. The summed E-state index contributed by atoms with van der Waals surface area (Å²) < 4.78 is 17.1. The van der Waals surface area contributed by atoms with Crippen molar-refractivity contribution in [3.8, 4) is 0 Å². The zero-order valence-electron chi connectivity index (χ0n) is 59.4. The molecule has 20 heteroatoms. The highest BCUT2D eigenvalue weighted by atomic mass is 16.6. The Balaban J connectivity index is 0.000000235. The third kappa shape index (κ3) is 21.3. The predicted molar refractivity (Wildman–Crippen MR) is 370 cm³/mol. The van der Waals surface area contributed by atoms with Crippen LogP contribution in [0.2, 0.25) is 0 Å². The molecule has 20 nitrogen and oxygen atoms in total. The molecule has 4 aromatic rings. The van der Waals surface area contributed by atoms with Crippen LogP contribution in [0.25, 0.3) is 0 Å². The number of hydrogen-bond donors (Lipinski definition) is 4. The van der Waals surface area contributed by atoms with Crippen molar-refractivity contribution in [1.29, 1.82) is 0 Å². The predicted octanol–water partition coefficient (Wildman–Crippen LogP) is 14.2. The molecule has 508 valence electrons. The van der Waals surface area contributed by atoms with Crippen LogP contribution in [-0.2, 0) is 48.1 Å². The number of carbonyl (C=O) groups excluding carboxylic acids is 6. The number of hydrogen-bond acceptors (Lipinski definition) is 17. The Bertz CT molecular complexity index is 3280. The maximum Gasteiger partial charge on any atom is 0.411 e. The summed E-state index contributed by atoms with van der Waals surface area (Å²) in [6.07, 6.45) is 9.50. The molecule has 0 radical (unpaired) electrons. The van der Waals surface area contributed by atoms with E-state index in [4.69, 9.17) is 19.9 Å². The van der Waals surface area contributed by atoms with Crippen molar-refractivity contribution < 1.29 is 43.0 Å². The van der Waals surface area contributed by atoms with Crippen molar-refractivity contribution in [3.63, 3.8) is 0 Å². The number of anilines is 2. The first-order valence-corrected chi connectivity index (χ1v) is 32.2. The summed E-state index contributed by atoms with van der Waals surface area (Å²) in [4.78, 5) is 88.2. The van der Waals surface area contributed by atoms with Crippen molar-refractivity contribution in [2.45, 2.75) is 251 Å². The number of likely N-dealkylation sites (N-methyl/N-ethyl adjacent to an activating group) is 1. The van der Waals surface area contributed by atoms with Gasteiger partial charge >= 0.3 is 18.3 Å². The topological polar surface area (TPSA) is 242 Å². The largest absolute Gasteiger partial charge is 0.446 e. The molecule has 4 heterocycles. The van der Waals surface area contributed by atoms with E-state index >= 15 is 0 Å². The van der Waals surface area contributed by atoms with E-state index in [-0.39, 0.29) is 62.6 Å². The molecule has 0 bridgehead atoms. The molecule has 3 amide bonds. The second-order valence-electron chi connectivity index (χ2n) is 30.4. The van der Waals surface area contributed by atoms with Gasteiger partial charge in [0.15, 0.2) is 0 Å². The fraction of sp³-hybridized carbons (Fsp3) is 0.589. The van der Waals surface area contributed by atoms with Crippen molar-refractivity contribution in [1.82, 2.24) is 24.9 Å². The van der Waals surface area contributed by atoms with Gasteiger partial charge in [-0.05, 0) is 223 Å². The average molecular weight is 1280 g/mol. The molecule has 4 aliphatic heterocycles. The second-order valence-corrected chi connectivity index (χ2v) is 30.4. The number of amides is 3. The van der Waals surface area contributed by atoms with Gasteiger partial charge in [0.05, 0.1) is 17.9 Å². The first-order valence-electron chi connectivity index (χ1n) is 32.2. The Kier molecular flexibility index (Phi) is 25.7. The first-order chi connectivity index (χ1) is 43.1. The molecule has 0 aromatic heterocycles. The highest BCUT2D eigenvalue weighted by molar-refractivity contribution is 5.87. The molecular formula is C73H107N11O9. The third-order valence-corrected chi connectivity index (χ3v) is 20.2. The molecule has 4 saturated heterocycles.